The maximum Gasteiger partial charge on any atom is 0.0897 e. The van der Waals surface area contributed by atoms with Crippen molar-refractivity contribution in [2.45, 2.75) is 38.7 Å². The Morgan fingerprint density at radius 3 is 2.90 bits per heavy atom. The molecule has 0 amide bonds. The number of rotatable bonds is 12. The van der Waals surface area contributed by atoms with Crippen LogP contribution in [0.4, 0.5) is 0 Å². The summed E-state index contributed by atoms with van der Waals surface area (Å²) < 4.78 is 16.2. The van der Waals surface area contributed by atoms with Crippen LogP contribution in [-0.4, -0.2) is 63.9 Å². The lowest BCUT2D eigenvalue weighted by molar-refractivity contribution is 0.00260. The summed E-state index contributed by atoms with van der Waals surface area (Å²) in [6, 6.07) is 0. The van der Waals surface area contributed by atoms with Crippen molar-refractivity contribution in [1.82, 2.24) is 5.32 Å². The molecule has 0 aromatic rings. The lowest BCUT2D eigenvalue weighted by Gasteiger charge is -2.23. The molecule has 1 aliphatic heterocycles. The van der Waals surface area contributed by atoms with Gasteiger partial charge < -0.3 is 24.6 Å². The molecule has 2 N–H and O–H groups in total. The Morgan fingerprint density at radius 1 is 1.30 bits per heavy atom. The van der Waals surface area contributed by atoms with E-state index < -0.39 is 6.10 Å². The van der Waals surface area contributed by atoms with E-state index >= 15 is 0 Å². The fourth-order valence-corrected chi connectivity index (χ4v) is 2.17. The average Bonchev–Trinajstić information content (AvgIpc) is 2.47. The number of hydrogen-bond acceptors (Lipinski definition) is 5. The number of aliphatic hydroxyl groups excluding tert-OH is 1. The third-order valence-corrected chi connectivity index (χ3v) is 3.39. The normalized spacial score (nSPS) is 21.0. The summed E-state index contributed by atoms with van der Waals surface area (Å²) in [4.78, 5) is 0. The maximum absolute atomic E-state index is 9.76. The Balaban J connectivity index is 1.83. The maximum atomic E-state index is 9.76. The highest BCUT2D eigenvalue weighted by Gasteiger charge is 2.13. The smallest absolute Gasteiger partial charge is 0.0897 e. The van der Waals surface area contributed by atoms with Gasteiger partial charge >= 0.3 is 0 Å². The van der Waals surface area contributed by atoms with Gasteiger partial charge in [0.15, 0.2) is 0 Å². The van der Waals surface area contributed by atoms with E-state index in [1.807, 2.05) is 0 Å². The SMILES string of the molecule is CCCCOCCOCC(O)CNCC1CCCOC1. The van der Waals surface area contributed by atoms with Crippen LogP contribution in [0.15, 0.2) is 0 Å². The van der Waals surface area contributed by atoms with Gasteiger partial charge in [-0.05, 0) is 25.2 Å². The summed E-state index contributed by atoms with van der Waals surface area (Å²) in [6.45, 7) is 7.70. The molecule has 1 heterocycles. The molecule has 5 nitrogen and oxygen atoms in total. The molecule has 0 radical (unpaired) electrons. The molecule has 0 bridgehead atoms. The van der Waals surface area contributed by atoms with Crippen molar-refractivity contribution in [2.75, 3.05) is 52.7 Å². The molecule has 2 atom stereocenters. The summed E-state index contributed by atoms with van der Waals surface area (Å²) in [5.41, 5.74) is 0. The minimum Gasteiger partial charge on any atom is -0.389 e. The number of aliphatic hydroxyl groups is 1. The van der Waals surface area contributed by atoms with Gasteiger partial charge in [0.2, 0.25) is 0 Å². The van der Waals surface area contributed by atoms with E-state index in [4.69, 9.17) is 14.2 Å². The zero-order valence-electron chi connectivity index (χ0n) is 12.8. The van der Waals surface area contributed by atoms with E-state index in [-0.39, 0.29) is 0 Å². The van der Waals surface area contributed by atoms with E-state index in [1.165, 1.54) is 6.42 Å². The fraction of sp³-hybridized carbons (Fsp3) is 1.00. The van der Waals surface area contributed by atoms with Crippen LogP contribution in [0.5, 0.6) is 0 Å². The molecule has 0 saturated carbocycles. The van der Waals surface area contributed by atoms with Crippen LogP contribution in [0.3, 0.4) is 0 Å². The van der Waals surface area contributed by atoms with Crippen LogP contribution < -0.4 is 5.32 Å². The summed E-state index contributed by atoms with van der Waals surface area (Å²) in [5.74, 6) is 0.587. The zero-order chi connectivity index (χ0) is 14.5. The highest BCUT2D eigenvalue weighted by atomic mass is 16.5. The largest absolute Gasteiger partial charge is 0.389 e. The van der Waals surface area contributed by atoms with Gasteiger partial charge in [0.1, 0.15) is 0 Å². The van der Waals surface area contributed by atoms with E-state index in [1.54, 1.807) is 0 Å². The number of ether oxygens (including phenoxy) is 3. The van der Waals surface area contributed by atoms with Crippen molar-refractivity contribution in [3.8, 4) is 0 Å². The Labute approximate surface area is 123 Å². The van der Waals surface area contributed by atoms with Gasteiger partial charge in [-0.1, -0.05) is 13.3 Å². The van der Waals surface area contributed by atoms with Crippen LogP contribution in [-0.2, 0) is 14.2 Å². The first-order valence-corrected chi connectivity index (χ1v) is 7.95. The van der Waals surface area contributed by atoms with E-state index in [0.717, 1.165) is 45.6 Å². The lowest BCUT2D eigenvalue weighted by Crippen LogP contribution is -2.36. The molecule has 120 valence electrons. The molecule has 1 saturated heterocycles. The second-order valence-corrected chi connectivity index (χ2v) is 5.44. The van der Waals surface area contributed by atoms with Crippen LogP contribution >= 0.6 is 0 Å². The van der Waals surface area contributed by atoms with Crippen molar-refractivity contribution < 1.29 is 19.3 Å². The highest BCUT2D eigenvalue weighted by Crippen LogP contribution is 2.11. The molecule has 1 fully saturated rings. The molecule has 20 heavy (non-hydrogen) atoms. The first kappa shape index (κ1) is 17.9. The molecular formula is C15H31NO4. The predicted molar refractivity (Wildman–Crippen MR) is 79.0 cm³/mol. The zero-order valence-corrected chi connectivity index (χ0v) is 12.8. The Bertz CT molecular complexity index is 210. The van der Waals surface area contributed by atoms with Gasteiger partial charge in [0, 0.05) is 26.3 Å². The summed E-state index contributed by atoms with van der Waals surface area (Å²) in [5, 5.41) is 13.0. The van der Waals surface area contributed by atoms with Crippen molar-refractivity contribution in [3.63, 3.8) is 0 Å². The predicted octanol–water partition coefficient (Wildman–Crippen LogP) is 1.20. The third-order valence-electron chi connectivity index (χ3n) is 3.39. The number of unbranched alkanes of at least 4 members (excludes halogenated alkanes) is 1. The van der Waals surface area contributed by atoms with Gasteiger partial charge in [-0.15, -0.1) is 0 Å². The van der Waals surface area contributed by atoms with E-state index in [0.29, 0.717) is 32.3 Å². The minimum atomic E-state index is -0.449. The second-order valence-electron chi connectivity index (χ2n) is 5.44. The number of nitrogens with one attached hydrogen (secondary N) is 1. The summed E-state index contributed by atoms with van der Waals surface area (Å²) >= 11 is 0. The fourth-order valence-electron chi connectivity index (χ4n) is 2.17. The Hall–Kier alpha value is -0.200. The molecule has 1 rings (SSSR count). The van der Waals surface area contributed by atoms with Crippen molar-refractivity contribution in [3.05, 3.63) is 0 Å². The molecule has 5 heteroatoms. The Morgan fingerprint density at radius 2 is 2.15 bits per heavy atom. The minimum absolute atomic E-state index is 0.366. The molecule has 0 spiro atoms. The van der Waals surface area contributed by atoms with Crippen LogP contribution in [0, 0.1) is 5.92 Å². The van der Waals surface area contributed by atoms with Crippen molar-refractivity contribution in [2.24, 2.45) is 5.92 Å². The topological polar surface area (TPSA) is 60.0 Å². The first-order chi connectivity index (χ1) is 9.83. The molecule has 0 aromatic heterocycles. The monoisotopic (exact) mass is 289 g/mol. The van der Waals surface area contributed by atoms with Crippen LogP contribution in [0.25, 0.3) is 0 Å². The first-order valence-electron chi connectivity index (χ1n) is 7.95. The second kappa shape index (κ2) is 12.5. The van der Waals surface area contributed by atoms with E-state index in [2.05, 4.69) is 12.2 Å². The number of hydrogen-bond donors (Lipinski definition) is 2. The van der Waals surface area contributed by atoms with Gasteiger partial charge in [-0.25, -0.2) is 0 Å². The highest BCUT2D eigenvalue weighted by molar-refractivity contribution is 4.67. The van der Waals surface area contributed by atoms with Crippen LogP contribution in [0.2, 0.25) is 0 Å². The lowest BCUT2D eigenvalue weighted by atomic mass is 10.0. The Kier molecular flexibility index (Phi) is 11.2. The third kappa shape index (κ3) is 9.66. The van der Waals surface area contributed by atoms with Crippen molar-refractivity contribution in [1.29, 1.82) is 0 Å². The standard InChI is InChI=1S/C15H31NO4/c1-2-3-6-18-8-9-20-13-15(17)11-16-10-14-5-4-7-19-12-14/h14-17H,2-13H2,1H3. The molecule has 2 unspecified atom stereocenters. The average molecular weight is 289 g/mol. The molecule has 1 aliphatic rings. The molecular weight excluding hydrogens is 258 g/mol. The quantitative estimate of drug-likeness (QED) is 0.529. The van der Waals surface area contributed by atoms with Gasteiger partial charge in [-0.2, -0.15) is 0 Å². The summed E-state index contributed by atoms with van der Waals surface area (Å²) in [6.07, 6.45) is 4.16. The van der Waals surface area contributed by atoms with Crippen LogP contribution in [0.1, 0.15) is 32.6 Å². The molecule has 0 aliphatic carbocycles. The molecule has 0 aromatic carbocycles. The van der Waals surface area contributed by atoms with Gasteiger partial charge in [0.05, 0.1) is 32.5 Å². The summed E-state index contributed by atoms with van der Waals surface area (Å²) in [7, 11) is 0. The van der Waals surface area contributed by atoms with Crippen molar-refractivity contribution >= 4 is 0 Å². The van der Waals surface area contributed by atoms with E-state index in [9.17, 15) is 5.11 Å². The van der Waals surface area contributed by atoms with Gasteiger partial charge in [0.25, 0.3) is 0 Å². The van der Waals surface area contributed by atoms with Gasteiger partial charge in [-0.3, -0.25) is 0 Å².